The number of rotatable bonds is 4. The summed E-state index contributed by atoms with van der Waals surface area (Å²) in [6.45, 7) is 2.12. The fraction of sp³-hybridized carbons (Fsp3) is 0.111. The average Bonchev–Trinajstić information content (AvgIpc) is 3.04. The second kappa shape index (κ2) is 5.85. The maximum absolute atomic E-state index is 11.1. The van der Waals surface area contributed by atoms with E-state index in [0.29, 0.717) is 0 Å². The van der Waals surface area contributed by atoms with Crippen LogP contribution in [0.3, 0.4) is 0 Å². The minimum absolute atomic E-state index is 0.253. The number of benzene rings is 2. The molecule has 0 aliphatic heterocycles. The van der Waals surface area contributed by atoms with Crippen LogP contribution in [-0.4, -0.2) is 20.9 Å². The van der Waals surface area contributed by atoms with E-state index in [1.165, 1.54) is 5.56 Å². The van der Waals surface area contributed by atoms with Gasteiger partial charge in [-0.1, -0.05) is 37.3 Å². The van der Waals surface area contributed by atoms with Crippen LogP contribution in [0, 0.1) is 0 Å². The van der Waals surface area contributed by atoms with Crippen LogP contribution < -0.4 is 0 Å². The fourth-order valence-corrected chi connectivity index (χ4v) is 2.47. The molecule has 0 bridgehead atoms. The van der Waals surface area contributed by atoms with Gasteiger partial charge in [-0.2, -0.15) is 5.10 Å². The van der Waals surface area contributed by atoms with E-state index in [1.807, 2.05) is 30.5 Å². The molecule has 0 aliphatic carbocycles. The molecule has 4 heteroatoms. The summed E-state index contributed by atoms with van der Waals surface area (Å²) in [6.07, 6.45) is 2.79. The van der Waals surface area contributed by atoms with Gasteiger partial charge in [0.05, 0.1) is 16.9 Å². The van der Waals surface area contributed by atoms with E-state index in [9.17, 15) is 4.79 Å². The topological polar surface area (TPSA) is 55.1 Å². The van der Waals surface area contributed by atoms with Crippen molar-refractivity contribution in [3.8, 4) is 16.9 Å². The second-order valence-corrected chi connectivity index (χ2v) is 5.01. The molecular weight excluding hydrogens is 276 g/mol. The zero-order chi connectivity index (χ0) is 15.5. The Bertz CT molecular complexity index is 821. The number of aromatic carboxylic acids is 1. The van der Waals surface area contributed by atoms with Gasteiger partial charge >= 0.3 is 5.97 Å². The molecule has 2 aromatic carbocycles. The van der Waals surface area contributed by atoms with E-state index < -0.39 is 5.97 Å². The molecule has 22 heavy (non-hydrogen) atoms. The fourth-order valence-electron chi connectivity index (χ4n) is 2.47. The largest absolute Gasteiger partial charge is 0.478 e. The van der Waals surface area contributed by atoms with E-state index >= 15 is 0 Å². The zero-order valence-corrected chi connectivity index (χ0v) is 12.2. The third kappa shape index (κ3) is 2.63. The second-order valence-electron chi connectivity index (χ2n) is 5.01. The quantitative estimate of drug-likeness (QED) is 0.795. The number of hydrogen-bond acceptors (Lipinski definition) is 2. The normalized spacial score (nSPS) is 10.6. The highest BCUT2D eigenvalue weighted by Gasteiger charge is 2.09. The number of aromatic nitrogens is 2. The van der Waals surface area contributed by atoms with Crippen molar-refractivity contribution in [2.45, 2.75) is 13.3 Å². The number of carbonyl (C=O) groups is 1. The highest BCUT2D eigenvalue weighted by Crippen LogP contribution is 2.23. The Kier molecular flexibility index (Phi) is 3.74. The molecule has 110 valence electrons. The molecule has 4 nitrogen and oxygen atoms in total. The molecule has 0 spiro atoms. The lowest BCUT2D eigenvalue weighted by molar-refractivity contribution is 0.0697. The molecule has 0 radical (unpaired) electrons. The number of nitrogens with zero attached hydrogens (tertiary/aromatic N) is 2. The Labute approximate surface area is 128 Å². The van der Waals surface area contributed by atoms with Gasteiger partial charge in [0.15, 0.2) is 0 Å². The molecule has 0 fully saturated rings. The molecule has 3 aromatic rings. The van der Waals surface area contributed by atoms with Gasteiger partial charge in [0, 0.05) is 11.8 Å². The minimum atomic E-state index is -0.939. The summed E-state index contributed by atoms with van der Waals surface area (Å²) in [7, 11) is 0. The lowest BCUT2D eigenvalue weighted by Gasteiger charge is -2.05. The lowest BCUT2D eigenvalue weighted by atomic mass is 10.0. The monoisotopic (exact) mass is 292 g/mol. The van der Waals surface area contributed by atoms with Crippen molar-refractivity contribution in [1.29, 1.82) is 0 Å². The Morgan fingerprint density at radius 2 is 1.95 bits per heavy atom. The maximum atomic E-state index is 11.1. The van der Waals surface area contributed by atoms with Crippen LogP contribution in [0.5, 0.6) is 0 Å². The molecule has 1 heterocycles. The minimum Gasteiger partial charge on any atom is -0.478 e. The average molecular weight is 292 g/mol. The van der Waals surface area contributed by atoms with Crippen LogP contribution in [-0.2, 0) is 6.42 Å². The molecule has 3 rings (SSSR count). The number of aryl methyl sites for hydroxylation is 1. The van der Waals surface area contributed by atoms with Crippen LogP contribution in [0.1, 0.15) is 22.8 Å². The molecule has 1 aromatic heterocycles. The van der Waals surface area contributed by atoms with Crippen LogP contribution in [0.25, 0.3) is 16.9 Å². The molecule has 0 saturated carbocycles. The SMILES string of the molecule is CCc1ccccc1-c1ccn(-c2cccc(C(=O)O)c2)n1. The van der Waals surface area contributed by atoms with E-state index in [1.54, 1.807) is 22.9 Å². The Morgan fingerprint density at radius 1 is 1.14 bits per heavy atom. The first kappa shape index (κ1) is 14.1. The highest BCUT2D eigenvalue weighted by molar-refractivity contribution is 5.88. The van der Waals surface area contributed by atoms with Crippen molar-refractivity contribution in [2.24, 2.45) is 0 Å². The molecule has 0 saturated heterocycles. The first-order valence-electron chi connectivity index (χ1n) is 7.16. The third-order valence-corrected chi connectivity index (χ3v) is 3.62. The number of carboxylic acid groups (broad SMARTS) is 1. The van der Waals surface area contributed by atoms with Crippen LogP contribution >= 0.6 is 0 Å². The van der Waals surface area contributed by atoms with Gasteiger partial charge < -0.3 is 5.11 Å². The van der Waals surface area contributed by atoms with Crippen molar-refractivity contribution < 1.29 is 9.90 Å². The third-order valence-electron chi connectivity index (χ3n) is 3.62. The number of carboxylic acids is 1. The molecule has 0 amide bonds. The zero-order valence-electron chi connectivity index (χ0n) is 12.2. The standard InChI is InChI=1S/C18H16N2O2/c1-2-13-6-3-4-9-16(13)17-10-11-20(19-17)15-8-5-7-14(12-15)18(21)22/h3-12H,2H2,1H3,(H,21,22). The molecule has 0 atom stereocenters. The number of hydrogen-bond donors (Lipinski definition) is 1. The summed E-state index contributed by atoms with van der Waals surface area (Å²) in [5.74, 6) is -0.939. The van der Waals surface area contributed by atoms with Crippen molar-refractivity contribution in [3.05, 3.63) is 71.9 Å². The van der Waals surface area contributed by atoms with Gasteiger partial charge in [-0.25, -0.2) is 9.48 Å². The van der Waals surface area contributed by atoms with Gasteiger partial charge in [-0.05, 0) is 36.2 Å². The smallest absolute Gasteiger partial charge is 0.335 e. The summed E-state index contributed by atoms with van der Waals surface area (Å²) in [5.41, 5.74) is 4.23. The molecular formula is C18H16N2O2. The van der Waals surface area contributed by atoms with E-state index in [2.05, 4.69) is 24.2 Å². The first-order chi connectivity index (χ1) is 10.7. The Morgan fingerprint density at radius 3 is 2.73 bits per heavy atom. The van der Waals surface area contributed by atoms with Gasteiger partial charge in [0.1, 0.15) is 0 Å². The van der Waals surface area contributed by atoms with E-state index in [-0.39, 0.29) is 5.56 Å². The van der Waals surface area contributed by atoms with Crippen molar-refractivity contribution in [3.63, 3.8) is 0 Å². The summed E-state index contributed by atoms with van der Waals surface area (Å²) < 4.78 is 1.70. The van der Waals surface area contributed by atoms with Gasteiger partial charge in [-0.15, -0.1) is 0 Å². The van der Waals surface area contributed by atoms with Crippen molar-refractivity contribution in [2.75, 3.05) is 0 Å². The van der Waals surface area contributed by atoms with Crippen molar-refractivity contribution >= 4 is 5.97 Å². The molecule has 1 N–H and O–H groups in total. The molecule has 0 unspecified atom stereocenters. The van der Waals surface area contributed by atoms with Gasteiger partial charge in [0.25, 0.3) is 0 Å². The predicted octanol–water partition coefficient (Wildman–Crippen LogP) is 3.80. The van der Waals surface area contributed by atoms with Crippen molar-refractivity contribution in [1.82, 2.24) is 9.78 Å². The summed E-state index contributed by atoms with van der Waals surface area (Å²) in [5, 5.41) is 13.7. The first-order valence-corrected chi connectivity index (χ1v) is 7.16. The van der Waals surface area contributed by atoms with Crippen LogP contribution in [0.15, 0.2) is 60.8 Å². The summed E-state index contributed by atoms with van der Waals surface area (Å²) >= 11 is 0. The highest BCUT2D eigenvalue weighted by atomic mass is 16.4. The Hall–Kier alpha value is -2.88. The maximum Gasteiger partial charge on any atom is 0.335 e. The van der Waals surface area contributed by atoms with Gasteiger partial charge in [-0.3, -0.25) is 0 Å². The molecule has 0 aliphatic rings. The van der Waals surface area contributed by atoms with Crippen LogP contribution in [0.4, 0.5) is 0 Å². The summed E-state index contributed by atoms with van der Waals surface area (Å²) in [6, 6.07) is 16.9. The van der Waals surface area contributed by atoms with E-state index in [4.69, 9.17) is 5.11 Å². The van der Waals surface area contributed by atoms with Gasteiger partial charge in [0.2, 0.25) is 0 Å². The summed E-state index contributed by atoms with van der Waals surface area (Å²) in [4.78, 5) is 11.1. The predicted molar refractivity (Wildman–Crippen MR) is 85.3 cm³/mol. The van der Waals surface area contributed by atoms with Crippen LogP contribution in [0.2, 0.25) is 0 Å². The van der Waals surface area contributed by atoms with E-state index in [0.717, 1.165) is 23.4 Å². The lowest BCUT2D eigenvalue weighted by Crippen LogP contribution is -2.00. The Balaban J connectivity index is 2.01.